The summed E-state index contributed by atoms with van der Waals surface area (Å²) in [5.41, 5.74) is 2.63. The second kappa shape index (κ2) is 4.06. The van der Waals surface area contributed by atoms with E-state index in [-0.39, 0.29) is 11.9 Å². The van der Waals surface area contributed by atoms with Crippen LogP contribution >= 0.6 is 11.3 Å². The Balaban J connectivity index is 1.97. The summed E-state index contributed by atoms with van der Waals surface area (Å²) < 4.78 is 0. The number of aromatic nitrogens is 1. The van der Waals surface area contributed by atoms with Crippen LogP contribution in [0.2, 0.25) is 0 Å². The molecule has 2 rings (SSSR count). The molecule has 0 aliphatic carbocycles. The fourth-order valence-corrected chi connectivity index (χ4v) is 2.23. The SMILES string of the molecule is Cc1ncsc1NC(=O)C1CCCN1. The van der Waals surface area contributed by atoms with Crippen molar-refractivity contribution >= 4 is 22.2 Å². The molecule has 1 saturated heterocycles. The first-order valence-corrected chi connectivity index (χ1v) is 5.59. The molecule has 0 bridgehead atoms. The van der Waals surface area contributed by atoms with Gasteiger partial charge in [0.15, 0.2) is 0 Å². The van der Waals surface area contributed by atoms with Crippen LogP contribution < -0.4 is 10.6 Å². The normalized spacial score (nSPS) is 21.1. The van der Waals surface area contributed by atoms with Gasteiger partial charge in [0.25, 0.3) is 0 Å². The Labute approximate surface area is 86.7 Å². The molecule has 1 atom stereocenters. The maximum absolute atomic E-state index is 11.7. The fraction of sp³-hybridized carbons (Fsp3) is 0.556. The van der Waals surface area contributed by atoms with Gasteiger partial charge < -0.3 is 10.6 Å². The first-order valence-electron chi connectivity index (χ1n) is 4.71. The van der Waals surface area contributed by atoms with Gasteiger partial charge in [-0.05, 0) is 26.3 Å². The lowest BCUT2D eigenvalue weighted by molar-refractivity contribution is -0.117. The number of anilines is 1. The van der Waals surface area contributed by atoms with Crippen LogP contribution in [0.15, 0.2) is 5.51 Å². The Morgan fingerprint density at radius 2 is 2.64 bits per heavy atom. The van der Waals surface area contributed by atoms with Gasteiger partial charge in [0.05, 0.1) is 17.2 Å². The van der Waals surface area contributed by atoms with Crippen molar-refractivity contribution in [2.24, 2.45) is 0 Å². The Morgan fingerprint density at radius 3 is 3.21 bits per heavy atom. The summed E-state index contributed by atoms with van der Waals surface area (Å²) in [7, 11) is 0. The third-order valence-electron chi connectivity index (χ3n) is 2.36. The van der Waals surface area contributed by atoms with E-state index in [1.54, 1.807) is 5.51 Å². The maximum Gasteiger partial charge on any atom is 0.242 e. The minimum absolute atomic E-state index is 0.0171. The molecule has 0 spiro atoms. The van der Waals surface area contributed by atoms with Crippen molar-refractivity contribution in [1.29, 1.82) is 0 Å². The molecule has 76 valence electrons. The number of carbonyl (C=O) groups excluding carboxylic acids is 1. The van der Waals surface area contributed by atoms with Gasteiger partial charge in [-0.25, -0.2) is 4.98 Å². The van der Waals surface area contributed by atoms with Crippen LogP contribution in [-0.2, 0) is 4.79 Å². The summed E-state index contributed by atoms with van der Waals surface area (Å²) in [5.74, 6) is 0.0647. The van der Waals surface area contributed by atoms with E-state index in [0.717, 1.165) is 30.1 Å². The zero-order valence-electron chi connectivity index (χ0n) is 8.04. The number of hydrogen-bond acceptors (Lipinski definition) is 4. The van der Waals surface area contributed by atoms with Crippen molar-refractivity contribution < 1.29 is 4.79 Å². The van der Waals surface area contributed by atoms with Gasteiger partial charge in [-0.15, -0.1) is 11.3 Å². The molecule has 1 aromatic rings. The predicted molar refractivity (Wildman–Crippen MR) is 56.5 cm³/mol. The lowest BCUT2D eigenvalue weighted by atomic mass is 10.2. The molecule has 2 heterocycles. The van der Waals surface area contributed by atoms with E-state index in [1.807, 2.05) is 6.92 Å². The third-order valence-corrected chi connectivity index (χ3v) is 3.20. The smallest absolute Gasteiger partial charge is 0.242 e. The largest absolute Gasteiger partial charge is 0.315 e. The Kier molecular flexibility index (Phi) is 2.79. The van der Waals surface area contributed by atoms with Gasteiger partial charge in [0.1, 0.15) is 5.00 Å². The summed E-state index contributed by atoms with van der Waals surface area (Å²) in [6.07, 6.45) is 2.02. The number of nitrogens with zero attached hydrogens (tertiary/aromatic N) is 1. The maximum atomic E-state index is 11.7. The predicted octanol–water partition coefficient (Wildman–Crippen LogP) is 1.14. The van der Waals surface area contributed by atoms with Crippen LogP contribution in [0.5, 0.6) is 0 Å². The molecular weight excluding hydrogens is 198 g/mol. The number of hydrogen-bond donors (Lipinski definition) is 2. The van der Waals surface area contributed by atoms with Gasteiger partial charge in [-0.2, -0.15) is 0 Å². The van der Waals surface area contributed by atoms with Gasteiger partial charge in [0, 0.05) is 0 Å². The highest BCUT2D eigenvalue weighted by molar-refractivity contribution is 7.14. The second-order valence-electron chi connectivity index (χ2n) is 3.41. The molecule has 1 amide bonds. The minimum Gasteiger partial charge on any atom is -0.315 e. The summed E-state index contributed by atoms with van der Waals surface area (Å²) in [4.78, 5) is 15.7. The van der Waals surface area contributed by atoms with Gasteiger partial charge >= 0.3 is 0 Å². The number of amides is 1. The molecule has 1 aromatic heterocycles. The van der Waals surface area contributed by atoms with Crippen LogP contribution in [0.3, 0.4) is 0 Å². The van der Waals surface area contributed by atoms with Gasteiger partial charge in [-0.3, -0.25) is 4.79 Å². The molecule has 4 nitrogen and oxygen atoms in total. The Bertz CT molecular complexity index is 331. The van der Waals surface area contributed by atoms with Crippen molar-refractivity contribution in [2.45, 2.75) is 25.8 Å². The van der Waals surface area contributed by atoms with Crippen molar-refractivity contribution in [3.63, 3.8) is 0 Å². The van der Waals surface area contributed by atoms with Gasteiger partial charge in [-0.1, -0.05) is 0 Å². The summed E-state index contributed by atoms with van der Waals surface area (Å²) in [5, 5.41) is 6.91. The first-order chi connectivity index (χ1) is 6.77. The Hall–Kier alpha value is -0.940. The average molecular weight is 211 g/mol. The fourth-order valence-electron chi connectivity index (χ4n) is 1.53. The molecule has 14 heavy (non-hydrogen) atoms. The van der Waals surface area contributed by atoms with Crippen LogP contribution in [0.1, 0.15) is 18.5 Å². The van der Waals surface area contributed by atoms with Crippen molar-refractivity contribution in [1.82, 2.24) is 10.3 Å². The Morgan fingerprint density at radius 1 is 1.79 bits per heavy atom. The highest BCUT2D eigenvalue weighted by Gasteiger charge is 2.22. The summed E-state index contributed by atoms with van der Waals surface area (Å²) in [6, 6.07) is -0.0171. The number of nitrogens with one attached hydrogen (secondary N) is 2. The highest BCUT2D eigenvalue weighted by Crippen LogP contribution is 2.19. The molecule has 1 fully saturated rings. The monoisotopic (exact) mass is 211 g/mol. The lowest BCUT2D eigenvalue weighted by Gasteiger charge is -2.09. The average Bonchev–Trinajstić information content (AvgIpc) is 2.77. The summed E-state index contributed by atoms with van der Waals surface area (Å²) >= 11 is 1.47. The topological polar surface area (TPSA) is 54.0 Å². The van der Waals surface area contributed by atoms with Crippen LogP contribution in [0.25, 0.3) is 0 Å². The van der Waals surface area contributed by atoms with Crippen molar-refractivity contribution in [2.75, 3.05) is 11.9 Å². The number of carbonyl (C=O) groups is 1. The molecular formula is C9H13N3OS. The van der Waals surface area contributed by atoms with Crippen LogP contribution in [-0.4, -0.2) is 23.5 Å². The highest BCUT2D eigenvalue weighted by atomic mass is 32.1. The first kappa shape index (κ1) is 9.61. The van der Waals surface area contributed by atoms with E-state index < -0.39 is 0 Å². The van der Waals surface area contributed by atoms with E-state index in [0.29, 0.717) is 0 Å². The van der Waals surface area contributed by atoms with E-state index in [2.05, 4.69) is 15.6 Å². The van der Waals surface area contributed by atoms with Gasteiger partial charge in [0.2, 0.25) is 5.91 Å². The van der Waals surface area contributed by atoms with Crippen LogP contribution in [0.4, 0.5) is 5.00 Å². The van der Waals surface area contributed by atoms with E-state index in [4.69, 9.17) is 0 Å². The molecule has 0 aromatic carbocycles. The summed E-state index contributed by atoms with van der Waals surface area (Å²) in [6.45, 7) is 2.84. The molecule has 0 radical (unpaired) electrons. The van der Waals surface area contributed by atoms with E-state index in [9.17, 15) is 4.79 Å². The van der Waals surface area contributed by atoms with Crippen molar-refractivity contribution in [3.8, 4) is 0 Å². The number of thiazole rings is 1. The molecule has 2 N–H and O–H groups in total. The standard InChI is InChI=1S/C9H13N3OS/c1-6-9(14-5-11-6)12-8(13)7-3-2-4-10-7/h5,7,10H,2-4H2,1H3,(H,12,13). The minimum atomic E-state index is -0.0171. The van der Waals surface area contributed by atoms with E-state index >= 15 is 0 Å². The number of rotatable bonds is 2. The zero-order valence-corrected chi connectivity index (χ0v) is 8.86. The van der Waals surface area contributed by atoms with Crippen LogP contribution in [0, 0.1) is 6.92 Å². The number of aryl methyl sites for hydroxylation is 1. The molecule has 5 heteroatoms. The third kappa shape index (κ3) is 1.93. The molecule has 1 unspecified atom stereocenters. The molecule has 1 aliphatic rings. The molecule has 1 aliphatic heterocycles. The lowest BCUT2D eigenvalue weighted by Crippen LogP contribution is -2.35. The van der Waals surface area contributed by atoms with E-state index in [1.165, 1.54) is 11.3 Å². The zero-order chi connectivity index (χ0) is 9.97. The quantitative estimate of drug-likeness (QED) is 0.771. The van der Waals surface area contributed by atoms with Crippen molar-refractivity contribution in [3.05, 3.63) is 11.2 Å². The molecule has 0 saturated carbocycles. The second-order valence-corrected chi connectivity index (χ2v) is 4.26.